The molecule has 1 aromatic carbocycles. The number of carbonyl (C=O) groups is 3. The fraction of sp³-hybridized carbons (Fsp3) is 0.500. The number of benzene rings is 1. The van der Waals surface area contributed by atoms with Gasteiger partial charge in [-0.05, 0) is 67.0 Å². The summed E-state index contributed by atoms with van der Waals surface area (Å²) >= 11 is 0. The van der Waals surface area contributed by atoms with Gasteiger partial charge < -0.3 is 25.6 Å². The van der Waals surface area contributed by atoms with E-state index in [0.29, 0.717) is 0 Å². The molecule has 2 heterocycles. The molecule has 1 saturated heterocycles. The van der Waals surface area contributed by atoms with E-state index in [0.717, 1.165) is 17.0 Å². The van der Waals surface area contributed by atoms with Gasteiger partial charge in [0.2, 0.25) is 5.91 Å². The number of ether oxygens (including phenoxy) is 1. The second-order valence-corrected chi connectivity index (χ2v) is 10.2. The first-order valence-corrected chi connectivity index (χ1v) is 13.2. The average Bonchev–Trinajstić information content (AvgIpc) is 3.56. The molecule has 4 amide bonds. The van der Waals surface area contributed by atoms with Crippen molar-refractivity contribution in [3.05, 3.63) is 52.6 Å². The Kier molecular flexibility index (Phi) is 9.62. The molecule has 2 fully saturated rings. The highest BCUT2D eigenvalue weighted by Crippen LogP contribution is 2.34. The van der Waals surface area contributed by atoms with Crippen LogP contribution in [0.25, 0.3) is 0 Å². The first-order chi connectivity index (χ1) is 20.3. The van der Waals surface area contributed by atoms with Crippen LogP contribution in [-0.4, -0.2) is 71.6 Å². The minimum absolute atomic E-state index is 0.000410. The predicted molar refractivity (Wildman–Crippen MR) is 136 cm³/mol. The van der Waals surface area contributed by atoms with Crippen molar-refractivity contribution in [1.82, 2.24) is 25.8 Å². The summed E-state index contributed by atoms with van der Waals surface area (Å²) in [5, 5.41) is 13.8. The van der Waals surface area contributed by atoms with Crippen molar-refractivity contribution >= 4 is 23.5 Å². The number of halogens is 6. The van der Waals surface area contributed by atoms with E-state index in [2.05, 4.69) is 25.6 Å². The van der Waals surface area contributed by atoms with Crippen molar-refractivity contribution in [1.29, 1.82) is 0 Å². The lowest BCUT2D eigenvalue weighted by atomic mass is 9.81. The molecule has 3 atom stereocenters. The number of anilines is 1. The minimum Gasteiger partial charge on any atom is -0.382 e. The van der Waals surface area contributed by atoms with Gasteiger partial charge in [-0.1, -0.05) is 11.2 Å². The summed E-state index contributed by atoms with van der Waals surface area (Å²) in [6.07, 6.45) is -6.20. The predicted octanol–water partition coefficient (Wildman–Crippen LogP) is 4.24. The van der Waals surface area contributed by atoms with Gasteiger partial charge in [0.05, 0.1) is 24.9 Å². The summed E-state index contributed by atoms with van der Waals surface area (Å²) in [4.78, 5) is 39.4. The molecule has 0 bridgehead atoms. The Labute approximate surface area is 240 Å². The zero-order valence-electron chi connectivity index (χ0n) is 22.9. The summed E-state index contributed by atoms with van der Waals surface area (Å²) in [6.45, 7) is 0.485. The topological polar surface area (TPSA) is 139 Å². The molecule has 2 aliphatic rings. The van der Waals surface area contributed by atoms with Crippen molar-refractivity contribution < 1.29 is 50.1 Å². The number of hydrogen-bond acceptors (Lipinski definition) is 7. The van der Waals surface area contributed by atoms with Gasteiger partial charge in [-0.15, -0.1) is 0 Å². The zero-order valence-corrected chi connectivity index (χ0v) is 22.9. The molecule has 1 aromatic heterocycles. The number of hydrogen-bond donors (Lipinski definition) is 3. The number of aromatic nitrogens is 2. The highest BCUT2D eigenvalue weighted by molar-refractivity contribution is 6.01. The standard InChI is InChI=1S/C26H28F6N6O5/c1-12-20(37-43-36-12)23(39)35-21(13-3-5-14(6-4-13)22(28)29)24(40)33-17-8-7-15(9-16(17)27)18(11-42-2)38-10-19(26(30,31)32)34-25(38)41/h7-9,13,18-19,21H,3-6,10-11H2,1-2H3,(H,33,40)(H,34,41)(H,35,39)/t18-,19-,21?/m0/s1. The van der Waals surface area contributed by atoms with Crippen molar-refractivity contribution in [2.75, 3.05) is 25.6 Å². The van der Waals surface area contributed by atoms with Crippen molar-refractivity contribution in [3.63, 3.8) is 0 Å². The number of aryl methyl sites for hydroxylation is 1. The number of allylic oxidation sites excluding steroid dienone is 1. The molecule has 3 N–H and O–H groups in total. The Morgan fingerprint density at radius 3 is 2.44 bits per heavy atom. The van der Waals surface area contributed by atoms with Gasteiger partial charge in [0.15, 0.2) is 5.69 Å². The molecule has 2 aromatic rings. The number of urea groups is 1. The van der Waals surface area contributed by atoms with E-state index in [9.17, 15) is 36.3 Å². The van der Waals surface area contributed by atoms with Gasteiger partial charge >= 0.3 is 12.2 Å². The molecule has 0 radical (unpaired) electrons. The fourth-order valence-electron chi connectivity index (χ4n) is 5.14. The highest BCUT2D eigenvalue weighted by Gasteiger charge is 2.48. The normalized spacial score (nSPS) is 20.4. The molecular formula is C26H28F6N6O5. The summed E-state index contributed by atoms with van der Waals surface area (Å²) in [5.41, 5.74) is -0.311. The Morgan fingerprint density at radius 1 is 1.21 bits per heavy atom. The SMILES string of the molecule is COC[C@@H](c1ccc(NC(=O)C(NC(=O)c2nonc2C)C2CCC(=C(F)F)CC2)c(F)c1)N1C[C@@H](C(F)(F)F)NC1=O. The molecule has 0 spiro atoms. The molecule has 1 aliphatic heterocycles. The molecule has 11 nitrogen and oxygen atoms in total. The number of alkyl halides is 3. The lowest BCUT2D eigenvalue weighted by molar-refractivity contribution is -0.150. The van der Waals surface area contributed by atoms with E-state index in [1.807, 2.05) is 5.32 Å². The van der Waals surface area contributed by atoms with Gasteiger partial charge in [0.25, 0.3) is 12.0 Å². The Bertz CT molecular complexity index is 1380. The minimum atomic E-state index is -4.69. The first kappa shape index (κ1) is 31.8. The Morgan fingerprint density at radius 2 is 1.91 bits per heavy atom. The van der Waals surface area contributed by atoms with E-state index < -0.39 is 66.5 Å². The maximum Gasteiger partial charge on any atom is 0.410 e. The Hall–Kier alpha value is -4.15. The van der Waals surface area contributed by atoms with Gasteiger partial charge in [0, 0.05) is 7.11 Å². The third kappa shape index (κ3) is 7.26. The zero-order chi connectivity index (χ0) is 31.5. The summed E-state index contributed by atoms with van der Waals surface area (Å²) < 4.78 is 90.6. The molecule has 43 heavy (non-hydrogen) atoms. The number of nitrogens with zero attached hydrogens (tertiary/aromatic N) is 3. The fourth-order valence-corrected chi connectivity index (χ4v) is 5.14. The maximum atomic E-state index is 15.3. The van der Waals surface area contributed by atoms with E-state index in [4.69, 9.17) is 4.74 Å². The van der Waals surface area contributed by atoms with Crippen LogP contribution in [0.4, 0.5) is 36.8 Å². The lowest BCUT2D eigenvalue weighted by Crippen LogP contribution is -2.49. The van der Waals surface area contributed by atoms with Gasteiger partial charge in [-0.25, -0.2) is 13.8 Å². The van der Waals surface area contributed by atoms with Crippen LogP contribution >= 0.6 is 0 Å². The third-order valence-electron chi connectivity index (χ3n) is 7.48. The summed E-state index contributed by atoms with van der Waals surface area (Å²) in [7, 11) is 1.27. The second-order valence-electron chi connectivity index (χ2n) is 10.2. The van der Waals surface area contributed by atoms with Crippen LogP contribution in [0, 0.1) is 18.7 Å². The number of amides is 4. The maximum absolute atomic E-state index is 15.3. The molecule has 17 heteroatoms. The van der Waals surface area contributed by atoms with E-state index >= 15 is 4.39 Å². The largest absolute Gasteiger partial charge is 0.410 e. The first-order valence-electron chi connectivity index (χ1n) is 13.2. The second kappa shape index (κ2) is 13.0. The number of methoxy groups -OCH3 is 1. The quantitative estimate of drug-likeness (QED) is 0.358. The number of rotatable bonds is 9. The van der Waals surface area contributed by atoms with Crippen LogP contribution in [0.15, 0.2) is 34.5 Å². The van der Waals surface area contributed by atoms with E-state index in [1.165, 1.54) is 20.1 Å². The Balaban J connectivity index is 1.54. The van der Waals surface area contributed by atoms with Crippen LogP contribution < -0.4 is 16.0 Å². The van der Waals surface area contributed by atoms with Crippen LogP contribution in [-0.2, 0) is 9.53 Å². The van der Waals surface area contributed by atoms with E-state index in [1.54, 1.807) is 0 Å². The molecule has 1 unspecified atom stereocenters. The van der Waals surface area contributed by atoms with Crippen LogP contribution in [0.2, 0.25) is 0 Å². The molecular weight excluding hydrogens is 590 g/mol. The van der Waals surface area contributed by atoms with Crippen molar-refractivity contribution in [3.8, 4) is 0 Å². The third-order valence-corrected chi connectivity index (χ3v) is 7.48. The molecule has 1 saturated carbocycles. The number of carbonyl (C=O) groups excluding carboxylic acids is 3. The van der Waals surface area contributed by atoms with Gasteiger partial charge in [-0.3, -0.25) is 9.59 Å². The average molecular weight is 619 g/mol. The van der Waals surface area contributed by atoms with E-state index in [-0.39, 0.29) is 60.5 Å². The monoisotopic (exact) mass is 618 g/mol. The smallest absolute Gasteiger partial charge is 0.382 e. The molecule has 4 rings (SSSR count). The summed E-state index contributed by atoms with van der Waals surface area (Å²) in [5.74, 6) is -3.21. The number of nitrogens with one attached hydrogen (secondary N) is 3. The highest BCUT2D eigenvalue weighted by atomic mass is 19.4. The van der Waals surface area contributed by atoms with Crippen LogP contribution in [0.3, 0.4) is 0 Å². The lowest BCUT2D eigenvalue weighted by Gasteiger charge is -2.31. The van der Waals surface area contributed by atoms with Gasteiger partial charge in [0.1, 0.15) is 23.6 Å². The molecule has 234 valence electrons. The van der Waals surface area contributed by atoms with Crippen LogP contribution in [0.1, 0.15) is 53.5 Å². The van der Waals surface area contributed by atoms with Gasteiger partial charge in [-0.2, -0.15) is 22.0 Å². The van der Waals surface area contributed by atoms with Crippen molar-refractivity contribution in [2.45, 2.75) is 56.9 Å². The summed E-state index contributed by atoms with van der Waals surface area (Å²) in [6, 6.07) is -2.05. The van der Waals surface area contributed by atoms with Crippen LogP contribution in [0.5, 0.6) is 0 Å². The van der Waals surface area contributed by atoms with Crippen molar-refractivity contribution in [2.24, 2.45) is 5.92 Å². The molecule has 1 aliphatic carbocycles.